The molecule has 6 heterocycles. The summed E-state index contributed by atoms with van der Waals surface area (Å²) in [6.07, 6.45) is 2.24. The summed E-state index contributed by atoms with van der Waals surface area (Å²) in [5.41, 5.74) is 2.64. The number of halogens is 3. The fourth-order valence-corrected chi connectivity index (χ4v) is 7.38. The summed E-state index contributed by atoms with van der Waals surface area (Å²) >= 11 is 1.28. The molecular formula is C32H28F3N9O3S. The minimum absolute atomic E-state index is 0.0181. The number of amides is 1. The molecule has 2 aliphatic rings. The fraction of sp³-hybridized carbons (Fsp3) is 0.312. The number of ether oxygens (including phenoxy) is 2. The lowest BCUT2D eigenvalue weighted by Crippen LogP contribution is -2.47. The van der Waals surface area contributed by atoms with Gasteiger partial charge in [-0.3, -0.25) is 4.79 Å². The second-order valence-corrected chi connectivity index (χ2v) is 12.7. The van der Waals surface area contributed by atoms with E-state index < -0.39 is 35.7 Å². The van der Waals surface area contributed by atoms with E-state index in [0.29, 0.717) is 52.0 Å². The van der Waals surface area contributed by atoms with Crippen LogP contribution in [0.3, 0.4) is 0 Å². The number of benzene rings is 2. The SMILES string of the molecule is CO[C@H]1CN(C)C(=O)[C@@H]2CC(CN2c2ncnc3c2cnn3-c2ccc(F)cc2F)Oc2nc(cs2)-c2cc(F)cc3nc(C)n(c23)C1. The number of imidazole rings is 1. The Labute approximate surface area is 275 Å². The predicted octanol–water partition coefficient (Wildman–Crippen LogP) is 4.53. The van der Waals surface area contributed by atoms with E-state index >= 15 is 0 Å². The summed E-state index contributed by atoms with van der Waals surface area (Å²) in [7, 11) is 3.31. The number of rotatable bonds is 3. The lowest BCUT2D eigenvalue weighted by Gasteiger charge is -2.30. The number of aromatic nitrogens is 7. The third-order valence-corrected chi connectivity index (χ3v) is 9.63. The minimum atomic E-state index is -0.801. The Balaban J connectivity index is 1.21. The largest absolute Gasteiger partial charge is 0.465 e. The summed E-state index contributed by atoms with van der Waals surface area (Å²) < 4.78 is 58.7. The molecule has 0 N–H and O–H groups in total. The van der Waals surface area contributed by atoms with Crippen molar-refractivity contribution >= 4 is 45.1 Å². The van der Waals surface area contributed by atoms with Crippen LogP contribution in [0.5, 0.6) is 5.19 Å². The van der Waals surface area contributed by atoms with E-state index in [2.05, 4.69) is 20.1 Å². The van der Waals surface area contributed by atoms with Crippen molar-refractivity contribution in [2.24, 2.45) is 0 Å². The van der Waals surface area contributed by atoms with E-state index in [0.717, 1.165) is 17.6 Å². The molecule has 2 aliphatic heterocycles. The van der Waals surface area contributed by atoms with E-state index in [4.69, 9.17) is 14.5 Å². The number of hydrogen-bond acceptors (Lipinski definition) is 10. The molecule has 1 amide bonds. The van der Waals surface area contributed by atoms with Crippen molar-refractivity contribution in [3.8, 4) is 22.1 Å². The average Bonchev–Trinajstić information content (AvgIpc) is 3.85. The topological polar surface area (TPSA) is 116 Å². The summed E-state index contributed by atoms with van der Waals surface area (Å²) in [6.45, 7) is 2.72. The molecule has 1 unspecified atom stereocenters. The molecule has 4 aromatic heterocycles. The summed E-state index contributed by atoms with van der Waals surface area (Å²) in [4.78, 5) is 35.9. The number of hydrogen-bond donors (Lipinski definition) is 0. The highest BCUT2D eigenvalue weighted by atomic mass is 32.1. The Kier molecular flexibility index (Phi) is 7.28. The van der Waals surface area contributed by atoms with Gasteiger partial charge in [0.1, 0.15) is 47.4 Å². The number of anilines is 1. The first-order valence-electron chi connectivity index (χ1n) is 15.2. The van der Waals surface area contributed by atoms with Crippen LogP contribution < -0.4 is 9.64 Å². The van der Waals surface area contributed by atoms with Crippen molar-refractivity contribution in [1.82, 2.24) is 39.2 Å². The molecule has 0 spiro atoms. The molecule has 48 heavy (non-hydrogen) atoms. The lowest BCUT2D eigenvalue weighted by atomic mass is 10.1. The highest BCUT2D eigenvalue weighted by molar-refractivity contribution is 7.11. The van der Waals surface area contributed by atoms with Gasteiger partial charge >= 0.3 is 0 Å². The zero-order valence-corrected chi connectivity index (χ0v) is 26.8. The lowest BCUT2D eigenvalue weighted by molar-refractivity contribution is -0.133. The molecule has 6 aromatic rings. The zero-order valence-electron chi connectivity index (χ0n) is 26.0. The molecular weight excluding hydrogens is 647 g/mol. The third-order valence-electron chi connectivity index (χ3n) is 8.90. The van der Waals surface area contributed by atoms with Gasteiger partial charge in [-0.15, -0.1) is 0 Å². The van der Waals surface area contributed by atoms with Gasteiger partial charge in [0.2, 0.25) is 5.91 Å². The maximum Gasteiger partial charge on any atom is 0.274 e. The molecule has 0 saturated carbocycles. The number of aryl methyl sites for hydroxylation is 1. The first-order chi connectivity index (χ1) is 23.2. The molecule has 16 heteroatoms. The van der Waals surface area contributed by atoms with Crippen LogP contribution >= 0.6 is 11.3 Å². The second-order valence-electron chi connectivity index (χ2n) is 11.9. The van der Waals surface area contributed by atoms with Crippen molar-refractivity contribution < 1.29 is 27.4 Å². The third kappa shape index (κ3) is 5.02. The number of thiazole rings is 1. The number of nitrogens with zero attached hydrogens (tertiary/aromatic N) is 9. The van der Waals surface area contributed by atoms with Gasteiger partial charge in [-0.05, 0) is 25.1 Å². The Bertz CT molecular complexity index is 2220. The van der Waals surface area contributed by atoms with Gasteiger partial charge in [0, 0.05) is 50.2 Å². The van der Waals surface area contributed by atoms with Gasteiger partial charge in [-0.25, -0.2) is 37.8 Å². The maximum absolute atomic E-state index is 14.8. The predicted molar refractivity (Wildman–Crippen MR) is 171 cm³/mol. The zero-order chi connectivity index (χ0) is 33.3. The molecule has 2 aromatic carbocycles. The highest BCUT2D eigenvalue weighted by Crippen LogP contribution is 2.37. The Morgan fingerprint density at radius 1 is 1.04 bits per heavy atom. The molecule has 8 rings (SSSR count). The van der Waals surface area contributed by atoms with Crippen LogP contribution in [0.2, 0.25) is 0 Å². The first kappa shape index (κ1) is 30.3. The van der Waals surface area contributed by atoms with Crippen LogP contribution in [0, 0.1) is 24.4 Å². The van der Waals surface area contributed by atoms with E-state index in [9.17, 15) is 18.0 Å². The molecule has 246 valence electrons. The molecule has 0 radical (unpaired) electrons. The van der Waals surface area contributed by atoms with Crippen molar-refractivity contribution in [2.45, 2.75) is 38.1 Å². The molecule has 1 saturated heterocycles. The number of fused-ring (bicyclic) bond motifs is 6. The second kappa shape index (κ2) is 11.6. The summed E-state index contributed by atoms with van der Waals surface area (Å²) in [5.74, 6) is -1.04. The van der Waals surface area contributed by atoms with Crippen LogP contribution in [0.15, 0.2) is 48.2 Å². The molecule has 3 atom stereocenters. The van der Waals surface area contributed by atoms with Gasteiger partial charge in [0.05, 0.1) is 47.5 Å². The van der Waals surface area contributed by atoms with Crippen molar-refractivity contribution in [3.05, 3.63) is 71.5 Å². The summed E-state index contributed by atoms with van der Waals surface area (Å²) in [5, 5.41) is 7.00. The van der Waals surface area contributed by atoms with Crippen LogP contribution in [0.4, 0.5) is 19.0 Å². The maximum atomic E-state index is 14.8. The smallest absolute Gasteiger partial charge is 0.274 e. The number of methoxy groups -OCH3 is 1. The monoisotopic (exact) mass is 675 g/mol. The fourth-order valence-electron chi connectivity index (χ4n) is 6.65. The van der Waals surface area contributed by atoms with Crippen LogP contribution in [0.1, 0.15) is 12.2 Å². The first-order valence-corrected chi connectivity index (χ1v) is 16.0. The molecule has 0 aliphatic carbocycles. The van der Waals surface area contributed by atoms with Crippen molar-refractivity contribution in [1.29, 1.82) is 0 Å². The Morgan fingerprint density at radius 2 is 1.90 bits per heavy atom. The normalized spacial score (nSPS) is 20.0. The minimum Gasteiger partial charge on any atom is -0.465 e. The van der Waals surface area contributed by atoms with Crippen LogP contribution in [-0.4, -0.2) is 90.6 Å². The van der Waals surface area contributed by atoms with Gasteiger partial charge < -0.3 is 23.8 Å². The van der Waals surface area contributed by atoms with E-state index in [1.165, 1.54) is 46.7 Å². The quantitative estimate of drug-likeness (QED) is 0.267. The molecule has 1 fully saturated rings. The van der Waals surface area contributed by atoms with Crippen LogP contribution in [-0.2, 0) is 16.1 Å². The number of carbonyl (C=O) groups excluding carboxylic acids is 1. The number of likely N-dealkylation sites (N-methyl/N-ethyl adjacent to an activating group) is 1. The van der Waals surface area contributed by atoms with Crippen molar-refractivity contribution in [2.75, 3.05) is 32.1 Å². The van der Waals surface area contributed by atoms with Gasteiger partial charge in [-0.2, -0.15) is 5.10 Å². The van der Waals surface area contributed by atoms with Crippen LogP contribution in [0.25, 0.3) is 39.0 Å². The van der Waals surface area contributed by atoms with Gasteiger partial charge in [0.15, 0.2) is 11.5 Å². The number of carbonyl (C=O) groups is 1. The van der Waals surface area contributed by atoms with Crippen molar-refractivity contribution in [3.63, 3.8) is 0 Å². The average molecular weight is 676 g/mol. The Morgan fingerprint density at radius 3 is 2.71 bits per heavy atom. The standard InChI is InChI=1S/C32H28F3N9O3S/c1-16-39-24-8-18(34)6-21-25-14-48-32(40-25)47-19-9-27(31(45)41(2)11-20(46-3)13-42(16)28(21)24)43(12-19)29-22-10-38-44(30(22)37-15-36-29)26-5-4-17(33)7-23(26)35/h4-8,10,14-15,19-20,27H,9,11-13H2,1-3H3/t19?,20-,27-/m0/s1. The van der Waals surface area contributed by atoms with Gasteiger partial charge in [-0.1, -0.05) is 11.3 Å². The van der Waals surface area contributed by atoms with Gasteiger partial charge in [0.25, 0.3) is 5.19 Å². The summed E-state index contributed by atoms with van der Waals surface area (Å²) in [6, 6.07) is 5.35. The van der Waals surface area contributed by atoms with E-state index in [1.807, 2.05) is 21.8 Å². The Hall–Kier alpha value is -5.09. The van der Waals surface area contributed by atoms with E-state index in [-0.39, 0.29) is 30.3 Å². The molecule has 4 bridgehead atoms. The van der Waals surface area contributed by atoms with E-state index in [1.54, 1.807) is 19.1 Å². The molecule has 12 nitrogen and oxygen atoms in total. The highest BCUT2D eigenvalue weighted by Gasteiger charge is 2.42.